The average molecular weight is 271 g/mol. The summed E-state index contributed by atoms with van der Waals surface area (Å²) < 4.78 is 0. The molecule has 1 spiro atoms. The number of nitrogens with two attached hydrogens (primary N) is 1. The van der Waals surface area contributed by atoms with E-state index in [1.807, 2.05) is 13.0 Å². The van der Waals surface area contributed by atoms with Gasteiger partial charge in [0.15, 0.2) is 0 Å². The maximum absolute atomic E-state index is 7.56. The minimum Gasteiger partial charge on any atom is -0.384 e. The molecule has 0 aromatic heterocycles. The van der Waals surface area contributed by atoms with Crippen molar-refractivity contribution < 1.29 is 0 Å². The lowest BCUT2D eigenvalue weighted by Gasteiger charge is -2.40. The van der Waals surface area contributed by atoms with Gasteiger partial charge in [-0.1, -0.05) is 12.8 Å². The second kappa shape index (κ2) is 5.12. The molecule has 1 heterocycles. The molecule has 1 saturated carbocycles. The van der Waals surface area contributed by atoms with Crippen LogP contribution in [0.4, 0.5) is 5.69 Å². The minimum atomic E-state index is 0.164. The molecule has 108 valence electrons. The Bertz CT molecular complexity index is 505. The van der Waals surface area contributed by atoms with E-state index in [4.69, 9.17) is 11.1 Å². The number of rotatable bonds is 2. The molecule has 0 bridgehead atoms. The number of hydrogen-bond acceptors (Lipinski definition) is 2. The van der Waals surface area contributed by atoms with Gasteiger partial charge in [0, 0.05) is 24.3 Å². The second-order valence-electron chi connectivity index (χ2n) is 6.61. The average Bonchev–Trinajstić information content (AvgIpc) is 2.87. The first-order valence-electron chi connectivity index (χ1n) is 7.80. The van der Waals surface area contributed by atoms with Crippen molar-refractivity contribution >= 4 is 11.5 Å². The number of nitrogen functional groups attached to an aromatic ring is 1. The lowest BCUT2D eigenvalue weighted by atomic mass is 9.77. The number of anilines is 1. The number of benzene rings is 1. The summed E-state index contributed by atoms with van der Waals surface area (Å²) in [5.74, 6) is 0.164. The Morgan fingerprint density at radius 1 is 1.15 bits per heavy atom. The Kier molecular flexibility index (Phi) is 3.45. The Morgan fingerprint density at radius 3 is 2.35 bits per heavy atom. The lowest BCUT2D eigenvalue weighted by Crippen LogP contribution is -2.38. The summed E-state index contributed by atoms with van der Waals surface area (Å²) in [6.45, 7) is 4.40. The predicted octanol–water partition coefficient (Wildman–Crippen LogP) is 3.44. The summed E-state index contributed by atoms with van der Waals surface area (Å²) in [7, 11) is 0. The van der Waals surface area contributed by atoms with Gasteiger partial charge in [0.2, 0.25) is 0 Å². The van der Waals surface area contributed by atoms with E-state index in [0.717, 1.165) is 11.1 Å². The van der Waals surface area contributed by atoms with Crippen LogP contribution in [-0.2, 0) is 0 Å². The van der Waals surface area contributed by atoms with E-state index in [2.05, 4.69) is 17.0 Å². The van der Waals surface area contributed by atoms with Crippen LogP contribution in [0.3, 0.4) is 0 Å². The molecule has 1 saturated heterocycles. The third kappa shape index (κ3) is 2.41. The largest absolute Gasteiger partial charge is 0.384 e. The fourth-order valence-corrected chi connectivity index (χ4v) is 4.01. The summed E-state index contributed by atoms with van der Waals surface area (Å²) in [6, 6.07) is 6.30. The number of nitrogens with one attached hydrogen (secondary N) is 1. The molecule has 0 atom stereocenters. The quantitative estimate of drug-likeness (QED) is 0.639. The molecule has 1 aliphatic carbocycles. The van der Waals surface area contributed by atoms with Crippen molar-refractivity contribution in [3.05, 3.63) is 29.3 Å². The molecule has 0 radical (unpaired) electrons. The number of nitrogens with zero attached hydrogens (tertiary/aromatic N) is 1. The molecule has 20 heavy (non-hydrogen) atoms. The van der Waals surface area contributed by atoms with Crippen LogP contribution in [0.15, 0.2) is 18.2 Å². The highest BCUT2D eigenvalue weighted by molar-refractivity contribution is 5.96. The maximum atomic E-state index is 7.56. The zero-order valence-electron chi connectivity index (χ0n) is 12.4. The first-order chi connectivity index (χ1) is 9.60. The minimum absolute atomic E-state index is 0.164. The highest BCUT2D eigenvalue weighted by Gasteiger charge is 2.36. The van der Waals surface area contributed by atoms with Gasteiger partial charge < -0.3 is 10.6 Å². The van der Waals surface area contributed by atoms with Gasteiger partial charge in [0.25, 0.3) is 0 Å². The van der Waals surface area contributed by atoms with Crippen LogP contribution in [0.2, 0.25) is 0 Å². The van der Waals surface area contributed by atoms with Crippen LogP contribution in [0, 0.1) is 17.7 Å². The van der Waals surface area contributed by atoms with E-state index in [-0.39, 0.29) is 5.84 Å². The van der Waals surface area contributed by atoms with E-state index < -0.39 is 0 Å². The molecule has 3 heteroatoms. The van der Waals surface area contributed by atoms with E-state index in [9.17, 15) is 0 Å². The van der Waals surface area contributed by atoms with Gasteiger partial charge in [0.1, 0.15) is 5.84 Å². The van der Waals surface area contributed by atoms with E-state index in [0.29, 0.717) is 5.41 Å². The summed E-state index contributed by atoms with van der Waals surface area (Å²) in [6.07, 6.45) is 8.46. The molecule has 0 unspecified atom stereocenters. The van der Waals surface area contributed by atoms with Crippen LogP contribution >= 0.6 is 0 Å². The summed E-state index contributed by atoms with van der Waals surface area (Å²) in [4.78, 5) is 2.50. The van der Waals surface area contributed by atoms with Gasteiger partial charge in [-0.2, -0.15) is 0 Å². The first-order valence-corrected chi connectivity index (χ1v) is 7.80. The maximum Gasteiger partial charge on any atom is 0.123 e. The first kappa shape index (κ1) is 13.5. The summed E-state index contributed by atoms with van der Waals surface area (Å²) in [5, 5.41) is 7.56. The van der Waals surface area contributed by atoms with Gasteiger partial charge in [-0.05, 0) is 61.8 Å². The van der Waals surface area contributed by atoms with Crippen molar-refractivity contribution in [2.45, 2.75) is 45.4 Å². The van der Waals surface area contributed by atoms with Crippen molar-refractivity contribution in [3.63, 3.8) is 0 Å². The Hall–Kier alpha value is -1.51. The molecule has 2 aliphatic rings. The molecule has 1 aromatic carbocycles. The summed E-state index contributed by atoms with van der Waals surface area (Å²) >= 11 is 0. The van der Waals surface area contributed by atoms with Gasteiger partial charge in [-0.15, -0.1) is 0 Å². The Balaban J connectivity index is 1.72. The van der Waals surface area contributed by atoms with Crippen molar-refractivity contribution in [2.24, 2.45) is 11.1 Å². The zero-order chi connectivity index (χ0) is 14.2. The highest BCUT2D eigenvalue weighted by Crippen LogP contribution is 2.46. The topological polar surface area (TPSA) is 53.1 Å². The number of amidine groups is 1. The molecule has 3 N–H and O–H groups in total. The van der Waals surface area contributed by atoms with Crippen LogP contribution in [-0.4, -0.2) is 18.9 Å². The predicted molar refractivity (Wildman–Crippen MR) is 84.5 cm³/mol. The van der Waals surface area contributed by atoms with Gasteiger partial charge in [-0.25, -0.2) is 0 Å². The number of piperidine rings is 1. The molecule has 1 aromatic rings. The molecule has 0 amide bonds. The molecule has 3 rings (SSSR count). The number of hydrogen-bond donors (Lipinski definition) is 2. The van der Waals surface area contributed by atoms with Crippen molar-refractivity contribution in [2.75, 3.05) is 18.0 Å². The zero-order valence-corrected chi connectivity index (χ0v) is 12.4. The van der Waals surface area contributed by atoms with E-state index >= 15 is 0 Å². The van der Waals surface area contributed by atoms with Crippen molar-refractivity contribution in [1.29, 1.82) is 5.41 Å². The van der Waals surface area contributed by atoms with Crippen LogP contribution < -0.4 is 10.6 Å². The molecular formula is C17H25N3. The van der Waals surface area contributed by atoms with E-state index in [1.165, 1.54) is 57.3 Å². The smallest absolute Gasteiger partial charge is 0.123 e. The SMILES string of the molecule is Cc1cc(N2CCC3(CCCC3)CC2)ccc1C(=N)N. The van der Waals surface area contributed by atoms with Crippen LogP contribution in [0.5, 0.6) is 0 Å². The second-order valence-corrected chi connectivity index (χ2v) is 6.61. The number of aryl methyl sites for hydroxylation is 1. The van der Waals surface area contributed by atoms with Crippen molar-refractivity contribution in [3.8, 4) is 0 Å². The molecular weight excluding hydrogens is 246 g/mol. The third-order valence-corrected chi connectivity index (χ3v) is 5.35. The molecule has 1 aliphatic heterocycles. The van der Waals surface area contributed by atoms with Crippen molar-refractivity contribution in [1.82, 2.24) is 0 Å². The van der Waals surface area contributed by atoms with Gasteiger partial charge in [-0.3, -0.25) is 5.41 Å². The Morgan fingerprint density at radius 2 is 1.80 bits per heavy atom. The van der Waals surface area contributed by atoms with Crippen LogP contribution in [0.25, 0.3) is 0 Å². The van der Waals surface area contributed by atoms with Gasteiger partial charge >= 0.3 is 0 Å². The highest BCUT2D eigenvalue weighted by atomic mass is 15.1. The summed E-state index contributed by atoms with van der Waals surface area (Å²) in [5.41, 5.74) is 9.52. The monoisotopic (exact) mass is 271 g/mol. The fourth-order valence-electron chi connectivity index (χ4n) is 4.01. The molecule has 2 fully saturated rings. The Labute approximate surface area is 121 Å². The van der Waals surface area contributed by atoms with Gasteiger partial charge in [0.05, 0.1) is 0 Å². The molecule has 3 nitrogen and oxygen atoms in total. The van der Waals surface area contributed by atoms with Crippen LogP contribution in [0.1, 0.15) is 49.7 Å². The fraction of sp³-hybridized carbons (Fsp3) is 0.588. The van der Waals surface area contributed by atoms with E-state index in [1.54, 1.807) is 0 Å². The standard InChI is InChI=1S/C17H25N3/c1-13-12-14(4-5-15(13)16(18)19)20-10-8-17(9-11-20)6-2-3-7-17/h4-5,12H,2-3,6-11H2,1H3,(H3,18,19). The third-order valence-electron chi connectivity index (χ3n) is 5.35. The lowest BCUT2D eigenvalue weighted by molar-refractivity contribution is 0.226. The normalized spacial score (nSPS) is 21.4.